The van der Waals surface area contributed by atoms with Gasteiger partial charge >= 0.3 is 0 Å². The Balaban J connectivity index is 1.73. The molecule has 3 rings (SSSR count). The molecule has 0 unspecified atom stereocenters. The third-order valence-electron chi connectivity index (χ3n) is 6.93. The zero-order valence-electron chi connectivity index (χ0n) is 22.8. The molecule has 2 aromatic rings. The second kappa shape index (κ2) is 16.7. The molecule has 0 radical (unpaired) electrons. The molecule has 1 fully saturated rings. The molecule has 3 amide bonds. The summed E-state index contributed by atoms with van der Waals surface area (Å²) in [5.41, 5.74) is 14.3. The number of nitrogens with one attached hydrogen (secondary N) is 3. The lowest BCUT2D eigenvalue weighted by Crippen LogP contribution is -2.57. The quantitative estimate of drug-likeness (QED) is 0.154. The topological polar surface area (TPSA) is 143 Å². The van der Waals surface area contributed by atoms with Crippen molar-refractivity contribution in [1.29, 1.82) is 0 Å². The second-order valence-corrected chi connectivity index (χ2v) is 11.8. The van der Waals surface area contributed by atoms with Gasteiger partial charge in [0, 0.05) is 48.0 Å². The maximum absolute atomic E-state index is 13.7. The number of benzene rings is 2. The summed E-state index contributed by atoms with van der Waals surface area (Å²) in [5.74, 6) is -0.697. The number of hydrogen-bond donors (Lipinski definition) is 5. The van der Waals surface area contributed by atoms with Crippen LogP contribution in [0.1, 0.15) is 43.2 Å². The molecule has 0 spiro atoms. The molecule has 0 bridgehead atoms. The SMILES string of the molecule is NCCCC[C@@H](NC(=O)[C@H](Cc1cc(Br)c(N)c(Br)c1)NC(=O)CCCc1ccccc1)C(=O)N1CCNCC1. The van der Waals surface area contributed by atoms with Crippen LogP contribution in [0.25, 0.3) is 0 Å². The number of aryl methyl sites for hydroxylation is 1. The minimum absolute atomic E-state index is 0.0993. The second-order valence-electron chi connectivity index (χ2n) is 10.1. The maximum Gasteiger partial charge on any atom is 0.245 e. The van der Waals surface area contributed by atoms with E-state index < -0.39 is 12.1 Å². The van der Waals surface area contributed by atoms with Crippen LogP contribution in [0.3, 0.4) is 0 Å². The van der Waals surface area contributed by atoms with E-state index in [1.165, 1.54) is 0 Å². The Labute approximate surface area is 253 Å². The number of carbonyl (C=O) groups excluding carboxylic acids is 3. The van der Waals surface area contributed by atoms with Gasteiger partial charge in [-0.25, -0.2) is 0 Å². The fourth-order valence-electron chi connectivity index (χ4n) is 4.69. The summed E-state index contributed by atoms with van der Waals surface area (Å²) in [5, 5.41) is 9.14. The number of anilines is 1. The summed E-state index contributed by atoms with van der Waals surface area (Å²) in [7, 11) is 0. The molecule has 0 saturated carbocycles. The van der Waals surface area contributed by atoms with E-state index in [2.05, 4.69) is 47.8 Å². The number of nitrogens with zero attached hydrogens (tertiary/aromatic N) is 1. The van der Waals surface area contributed by atoms with E-state index in [0.717, 1.165) is 37.1 Å². The van der Waals surface area contributed by atoms with E-state index in [0.29, 0.717) is 53.5 Å². The van der Waals surface area contributed by atoms with Crippen molar-refractivity contribution in [3.05, 3.63) is 62.5 Å². The lowest BCUT2D eigenvalue weighted by molar-refractivity contribution is -0.138. The molecule has 1 aliphatic heterocycles. The number of nitrogen functional groups attached to an aromatic ring is 1. The first-order valence-corrected chi connectivity index (χ1v) is 15.4. The van der Waals surface area contributed by atoms with Gasteiger partial charge in [0.1, 0.15) is 12.1 Å². The molecule has 0 aliphatic carbocycles. The van der Waals surface area contributed by atoms with Crippen molar-refractivity contribution >= 4 is 55.3 Å². The van der Waals surface area contributed by atoms with Gasteiger partial charge in [0.25, 0.3) is 0 Å². The smallest absolute Gasteiger partial charge is 0.245 e. The number of hydrogen-bond acceptors (Lipinski definition) is 6. The van der Waals surface area contributed by atoms with E-state index in [9.17, 15) is 14.4 Å². The van der Waals surface area contributed by atoms with Crippen LogP contribution in [0.15, 0.2) is 51.4 Å². The number of carbonyl (C=O) groups is 3. The Morgan fingerprint density at radius 3 is 2.25 bits per heavy atom. The van der Waals surface area contributed by atoms with Crippen LogP contribution in [-0.2, 0) is 27.2 Å². The van der Waals surface area contributed by atoms with E-state index in [1.54, 1.807) is 4.90 Å². The highest BCUT2D eigenvalue weighted by Crippen LogP contribution is 2.30. The highest BCUT2D eigenvalue weighted by atomic mass is 79.9. The van der Waals surface area contributed by atoms with Crippen LogP contribution >= 0.6 is 31.9 Å². The van der Waals surface area contributed by atoms with Crippen molar-refractivity contribution in [2.24, 2.45) is 5.73 Å². The van der Waals surface area contributed by atoms with Gasteiger partial charge in [0.05, 0.1) is 5.69 Å². The average molecular weight is 680 g/mol. The highest BCUT2D eigenvalue weighted by molar-refractivity contribution is 9.11. The normalized spacial score (nSPS) is 14.8. The summed E-state index contributed by atoms with van der Waals surface area (Å²) in [6, 6.07) is 12.1. The van der Waals surface area contributed by atoms with Crippen molar-refractivity contribution < 1.29 is 14.4 Å². The van der Waals surface area contributed by atoms with Crippen LogP contribution in [0.4, 0.5) is 5.69 Å². The number of nitrogens with two attached hydrogens (primary N) is 2. The number of unbranched alkanes of at least 4 members (excludes halogenated alkanes) is 1. The maximum atomic E-state index is 13.7. The van der Waals surface area contributed by atoms with E-state index in [1.807, 2.05) is 42.5 Å². The lowest BCUT2D eigenvalue weighted by atomic mass is 10.0. The predicted octanol–water partition coefficient (Wildman–Crippen LogP) is 2.89. The predicted molar refractivity (Wildman–Crippen MR) is 166 cm³/mol. The number of piperazine rings is 1. The fraction of sp³-hybridized carbons (Fsp3) is 0.483. The third kappa shape index (κ3) is 10.2. The monoisotopic (exact) mass is 678 g/mol. The summed E-state index contributed by atoms with van der Waals surface area (Å²) < 4.78 is 1.39. The number of halogens is 2. The van der Waals surface area contributed by atoms with E-state index in [-0.39, 0.29) is 30.6 Å². The molecule has 40 heavy (non-hydrogen) atoms. The first kappa shape index (κ1) is 32.0. The molecule has 2 atom stereocenters. The van der Waals surface area contributed by atoms with E-state index in [4.69, 9.17) is 11.5 Å². The zero-order chi connectivity index (χ0) is 28.9. The molecule has 1 heterocycles. The van der Waals surface area contributed by atoms with Gasteiger partial charge in [-0.15, -0.1) is 0 Å². The van der Waals surface area contributed by atoms with Crippen LogP contribution in [0.5, 0.6) is 0 Å². The van der Waals surface area contributed by atoms with Crippen molar-refractivity contribution in [2.45, 2.75) is 57.0 Å². The molecule has 2 aromatic carbocycles. The zero-order valence-corrected chi connectivity index (χ0v) is 25.9. The van der Waals surface area contributed by atoms with Crippen LogP contribution in [0, 0.1) is 0 Å². The molecule has 0 aromatic heterocycles. The molecule has 9 nitrogen and oxygen atoms in total. The fourth-order valence-corrected chi connectivity index (χ4v) is 5.97. The standard InChI is InChI=1S/C29H40Br2N6O3/c30-22-17-21(18-23(31)27(22)33)19-25(35-26(38)11-6-9-20-7-2-1-3-8-20)28(39)36-24(10-4-5-12-32)29(40)37-15-13-34-14-16-37/h1-3,7-8,17-18,24-25,34H,4-6,9-16,19,32-33H2,(H,35,38)(H,36,39)/t24-,25+/m1/s1. The molecule has 7 N–H and O–H groups in total. The number of amides is 3. The first-order valence-electron chi connectivity index (χ1n) is 13.8. The Bertz CT molecular complexity index is 1110. The van der Waals surface area contributed by atoms with Gasteiger partial charge in [0.15, 0.2) is 0 Å². The minimum Gasteiger partial charge on any atom is -0.397 e. The molecule has 11 heteroatoms. The number of rotatable bonds is 14. The molecule has 218 valence electrons. The summed E-state index contributed by atoms with van der Waals surface area (Å²) in [6.07, 6.45) is 3.92. The lowest BCUT2D eigenvalue weighted by Gasteiger charge is -2.32. The largest absolute Gasteiger partial charge is 0.397 e. The summed E-state index contributed by atoms with van der Waals surface area (Å²) in [6.45, 7) is 3.15. The first-order chi connectivity index (χ1) is 19.3. The molecular formula is C29H40Br2N6O3. The van der Waals surface area contributed by atoms with Crippen molar-refractivity contribution in [2.75, 3.05) is 38.5 Å². The highest BCUT2D eigenvalue weighted by Gasteiger charge is 2.30. The van der Waals surface area contributed by atoms with Crippen LogP contribution in [-0.4, -0.2) is 67.4 Å². The Morgan fingerprint density at radius 2 is 1.60 bits per heavy atom. The third-order valence-corrected chi connectivity index (χ3v) is 8.24. The van der Waals surface area contributed by atoms with Crippen LogP contribution < -0.4 is 27.4 Å². The van der Waals surface area contributed by atoms with Gasteiger partial charge in [-0.1, -0.05) is 30.3 Å². The van der Waals surface area contributed by atoms with Crippen molar-refractivity contribution in [3.8, 4) is 0 Å². The molecule has 1 aliphatic rings. The van der Waals surface area contributed by atoms with Crippen molar-refractivity contribution in [1.82, 2.24) is 20.9 Å². The van der Waals surface area contributed by atoms with Crippen LogP contribution in [0.2, 0.25) is 0 Å². The van der Waals surface area contributed by atoms with Gasteiger partial charge < -0.3 is 32.3 Å². The Kier molecular flexibility index (Phi) is 13.4. The van der Waals surface area contributed by atoms with Gasteiger partial charge in [0.2, 0.25) is 17.7 Å². The van der Waals surface area contributed by atoms with Gasteiger partial charge in [-0.2, -0.15) is 0 Å². The summed E-state index contributed by atoms with van der Waals surface area (Å²) >= 11 is 6.92. The van der Waals surface area contributed by atoms with Gasteiger partial charge in [-0.05, 0) is 93.8 Å². The van der Waals surface area contributed by atoms with Crippen molar-refractivity contribution in [3.63, 3.8) is 0 Å². The average Bonchev–Trinajstić information content (AvgIpc) is 2.95. The molecule has 1 saturated heterocycles. The molecular weight excluding hydrogens is 640 g/mol. The Morgan fingerprint density at radius 1 is 0.925 bits per heavy atom. The van der Waals surface area contributed by atoms with E-state index >= 15 is 0 Å². The minimum atomic E-state index is -0.862. The Hall–Kier alpha value is -2.47. The van der Waals surface area contributed by atoms with Gasteiger partial charge in [-0.3, -0.25) is 14.4 Å². The summed E-state index contributed by atoms with van der Waals surface area (Å²) in [4.78, 5) is 41.8.